The van der Waals surface area contributed by atoms with Gasteiger partial charge >= 0.3 is 0 Å². The maximum absolute atomic E-state index is 13.1. The average Bonchev–Trinajstić information content (AvgIpc) is 2.83. The fraction of sp³-hybridized carbons (Fsp3) is 0.115. The van der Waals surface area contributed by atoms with E-state index in [1.807, 2.05) is 36.4 Å². The number of fused-ring (bicyclic) bond motifs is 1. The van der Waals surface area contributed by atoms with Gasteiger partial charge in [0.1, 0.15) is 11.5 Å². The zero-order valence-electron chi connectivity index (χ0n) is 17.8. The predicted octanol–water partition coefficient (Wildman–Crippen LogP) is 5.03. The van der Waals surface area contributed by atoms with E-state index in [4.69, 9.17) is 4.98 Å². The number of para-hydroxylation sites is 1. The predicted molar refractivity (Wildman–Crippen MR) is 126 cm³/mol. The van der Waals surface area contributed by atoms with Crippen molar-refractivity contribution >= 4 is 22.5 Å². The Labute approximate surface area is 185 Å². The number of hydrogen-bond acceptors (Lipinski definition) is 5. The summed E-state index contributed by atoms with van der Waals surface area (Å²) >= 11 is 0. The lowest BCUT2D eigenvalue weighted by Crippen LogP contribution is -2.20. The number of nitrogens with one attached hydrogen (secondary N) is 1. The number of phenolic OH excluding ortho intramolecular Hbond substituents is 2. The third-order valence-electron chi connectivity index (χ3n) is 5.31. The van der Waals surface area contributed by atoms with Crippen LogP contribution in [0.15, 0.2) is 77.9 Å². The van der Waals surface area contributed by atoms with Gasteiger partial charge in [0.2, 0.25) is 0 Å². The third kappa shape index (κ3) is 4.30. The van der Waals surface area contributed by atoms with Gasteiger partial charge < -0.3 is 10.2 Å². The second-order valence-corrected chi connectivity index (χ2v) is 7.46. The van der Waals surface area contributed by atoms with E-state index in [9.17, 15) is 15.0 Å². The highest BCUT2D eigenvalue weighted by atomic mass is 16.3. The van der Waals surface area contributed by atoms with Crippen LogP contribution in [0.4, 0.5) is 0 Å². The molecule has 3 N–H and O–H groups in total. The fourth-order valence-corrected chi connectivity index (χ4v) is 3.49. The molecule has 4 aromatic rings. The first-order valence-electron chi connectivity index (χ1n) is 10.3. The van der Waals surface area contributed by atoms with Gasteiger partial charge in [-0.2, -0.15) is 5.10 Å². The van der Waals surface area contributed by atoms with Crippen LogP contribution < -0.4 is 5.43 Å². The highest BCUT2D eigenvalue weighted by Crippen LogP contribution is 2.26. The minimum absolute atomic E-state index is 0.00228. The van der Waals surface area contributed by atoms with Crippen LogP contribution >= 0.6 is 0 Å². The van der Waals surface area contributed by atoms with Crippen molar-refractivity contribution in [2.75, 3.05) is 0 Å². The maximum Gasteiger partial charge on any atom is 0.272 e. The largest absolute Gasteiger partial charge is 0.508 e. The lowest BCUT2D eigenvalue weighted by Gasteiger charge is -2.10. The van der Waals surface area contributed by atoms with Crippen LogP contribution in [0, 0.1) is 0 Å². The molecule has 160 valence electrons. The smallest absolute Gasteiger partial charge is 0.272 e. The van der Waals surface area contributed by atoms with E-state index in [1.165, 1.54) is 23.8 Å². The highest BCUT2D eigenvalue weighted by molar-refractivity contribution is 6.08. The molecule has 1 heterocycles. The minimum atomic E-state index is -0.394. The Morgan fingerprint density at radius 3 is 2.47 bits per heavy atom. The summed E-state index contributed by atoms with van der Waals surface area (Å²) in [7, 11) is 0. The number of aryl methyl sites for hydroxylation is 1. The summed E-state index contributed by atoms with van der Waals surface area (Å²) in [5.41, 5.74) is 7.26. The number of amides is 1. The van der Waals surface area contributed by atoms with Crippen molar-refractivity contribution in [2.45, 2.75) is 20.3 Å². The van der Waals surface area contributed by atoms with Gasteiger partial charge in [0.05, 0.1) is 22.5 Å². The Kier molecular flexibility index (Phi) is 5.85. The normalized spacial score (nSPS) is 11.5. The first-order chi connectivity index (χ1) is 15.5. The van der Waals surface area contributed by atoms with Crippen molar-refractivity contribution in [1.82, 2.24) is 10.4 Å². The Morgan fingerprint density at radius 2 is 1.72 bits per heavy atom. The fourth-order valence-electron chi connectivity index (χ4n) is 3.49. The number of carbonyl (C=O) groups excluding carboxylic acids is 1. The number of aromatic hydroxyl groups is 2. The van der Waals surface area contributed by atoms with E-state index >= 15 is 0 Å². The number of hydrogen-bond donors (Lipinski definition) is 3. The van der Waals surface area contributed by atoms with Gasteiger partial charge in [0, 0.05) is 16.5 Å². The van der Waals surface area contributed by atoms with E-state index in [0.717, 1.165) is 12.0 Å². The molecule has 0 aliphatic heterocycles. The van der Waals surface area contributed by atoms with E-state index in [-0.39, 0.29) is 11.5 Å². The van der Waals surface area contributed by atoms with E-state index in [2.05, 4.69) is 29.6 Å². The summed E-state index contributed by atoms with van der Waals surface area (Å²) in [6.07, 6.45) is 0.950. The van der Waals surface area contributed by atoms with Crippen molar-refractivity contribution < 1.29 is 15.0 Å². The Balaban J connectivity index is 1.70. The van der Waals surface area contributed by atoms with Gasteiger partial charge in [-0.25, -0.2) is 10.4 Å². The summed E-state index contributed by atoms with van der Waals surface area (Å²) < 4.78 is 0. The van der Waals surface area contributed by atoms with Crippen LogP contribution in [-0.2, 0) is 6.42 Å². The number of aromatic nitrogens is 1. The molecule has 4 rings (SSSR count). The highest BCUT2D eigenvalue weighted by Gasteiger charge is 2.14. The first-order valence-corrected chi connectivity index (χ1v) is 10.3. The van der Waals surface area contributed by atoms with Crippen molar-refractivity contribution in [3.05, 3.63) is 89.5 Å². The van der Waals surface area contributed by atoms with Crippen LogP contribution in [0.25, 0.3) is 22.2 Å². The molecule has 0 unspecified atom stereocenters. The molecular formula is C26H23N3O3. The lowest BCUT2D eigenvalue weighted by molar-refractivity contribution is 0.0956. The van der Waals surface area contributed by atoms with Crippen LogP contribution in [-0.4, -0.2) is 26.8 Å². The molecule has 0 bridgehead atoms. The standard InChI is InChI=1S/C26H23N3O3/c1-3-17-8-10-18(11-9-17)24-15-22(20-6-4-5-7-23(20)27-24)26(32)29-28-16(2)21-14-19(30)12-13-25(21)31/h4-15,30-31H,3H2,1-2H3,(H,29,32)/b28-16+. The third-order valence-corrected chi connectivity index (χ3v) is 5.31. The maximum atomic E-state index is 13.1. The van der Waals surface area contributed by atoms with Gasteiger partial charge in [0.15, 0.2) is 0 Å². The zero-order chi connectivity index (χ0) is 22.7. The topological polar surface area (TPSA) is 94.8 Å². The molecule has 1 aromatic heterocycles. The lowest BCUT2D eigenvalue weighted by atomic mass is 10.0. The second-order valence-electron chi connectivity index (χ2n) is 7.46. The molecule has 6 heteroatoms. The number of pyridine rings is 1. The number of benzene rings is 3. The zero-order valence-corrected chi connectivity index (χ0v) is 17.8. The first kappa shape index (κ1) is 21.1. The molecule has 0 aliphatic carbocycles. The quantitative estimate of drug-likeness (QED) is 0.237. The van der Waals surface area contributed by atoms with Crippen molar-refractivity contribution in [3.63, 3.8) is 0 Å². The summed E-state index contributed by atoms with van der Waals surface area (Å²) in [6, 6.07) is 21.5. The van der Waals surface area contributed by atoms with Crippen LogP contribution in [0.5, 0.6) is 11.5 Å². The molecular weight excluding hydrogens is 402 g/mol. The minimum Gasteiger partial charge on any atom is -0.508 e. The molecule has 0 spiro atoms. The van der Waals surface area contributed by atoms with Crippen molar-refractivity contribution in [3.8, 4) is 22.8 Å². The van der Waals surface area contributed by atoms with Gasteiger partial charge in [0.25, 0.3) is 5.91 Å². The van der Waals surface area contributed by atoms with Crippen molar-refractivity contribution in [1.29, 1.82) is 0 Å². The van der Waals surface area contributed by atoms with Crippen molar-refractivity contribution in [2.24, 2.45) is 5.10 Å². The number of carbonyl (C=O) groups is 1. The molecule has 0 atom stereocenters. The number of hydrazone groups is 1. The average molecular weight is 425 g/mol. The molecule has 0 saturated carbocycles. The summed E-state index contributed by atoms with van der Waals surface area (Å²) in [6.45, 7) is 3.74. The van der Waals surface area contributed by atoms with Gasteiger partial charge in [-0.15, -0.1) is 0 Å². The monoisotopic (exact) mass is 425 g/mol. The number of rotatable bonds is 5. The van der Waals surface area contributed by atoms with Gasteiger partial charge in [-0.1, -0.05) is 49.4 Å². The van der Waals surface area contributed by atoms with Crippen LogP contribution in [0.3, 0.4) is 0 Å². The second kappa shape index (κ2) is 8.89. The summed E-state index contributed by atoms with van der Waals surface area (Å²) in [5, 5.41) is 24.5. The number of nitrogens with zero attached hydrogens (tertiary/aromatic N) is 2. The molecule has 0 aliphatic rings. The Bertz CT molecular complexity index is 1330. The van der Waals surface area contributed by atoms with E-state index < -0.39 is 5.91 Å². The molecule has 3 aromatic carbocycles. The Hall–Kier alpha value is -4.19. The molecule has 32 heavy (non-hydrogen) atoms. The molecule has 0 saturated heterocycles. The molecule has 0 radical (unpaired) electrons. The van der Waals surface area contributed by atoms with Crippen LogP contribution in [0.1, 0.15) is 35.3 Å². The van der Waals surface area contributed by atoms with E-state index in [0.29, 0.717) is 33.4 Å². The SMILES string of the molecule is CCc1ccc(-c2cc(C(=O)N/N=C(\C)c3cc(O)ccc3O)c3ccccc3n2)cc1. The molecule has 6 nitrogen and oxygen atoms in total. The van der Waals surface area contributed by atoms with E-state index in [1.54, 1.807) is 13.0 Å². The molecule has 1 amide bonds. The summed E-state index contributed by atoms with van der Waals surface area (Å²) in [5.74, 6) is -0.433. The van der Waals surface area contributed by atoms with Gasteiger partial charge in [-0.3, -0.25) is 4.79 Å². The summed E-state index contributed by atoms with van der Waals surface area (Å²) in [4.78, 5) is 17.8. The molecule has 0 fully saturated rings. The van der Waals surface area contributed by atoms with Crippen LogP contribution in [0.2, 0.25) is 0 Å². The number of phenols is 2. The Morgan fingerprint density at radius 1 is 0.969 bits per heavy atom. The van der Waals surface area contributed by atoms with Gasteiger partial charge in [-0.05, 0) is 49.2 Å².